The van der Waals surface area contributed by atoms with E-state index < -0.39 is 0 Å². The molecule has 132 valence electrons. The average molecular weight is 379 g/mol. The number of rotatable bonds is 5. The van der Waals surface area contributed by atoms with Crippen LogP contribution in [0.5, 0.6) is 0 Å². The van der Waals surface area contributed by atoms with Gasteiger partial charge in [-0.25, -0.2) is 0 Å². The number of benzene rings is 2. The Morgan fingerprint density at radius 1 is 1.04 bits per heavy atom. The van der Waals surface area contributed by atoms with E-state index in [0.717, 1.165) is 22.4 Å². The van der Waals surface area contributed by atoms with Crippen LogP contribution in [0.2, 0.25) is 0 Å². The fraction of sp³-hybridized carbons (Fsp3) is 0.111. The molecule has 2 aromatic carbocycles. The number of carbonyl (C=O) groups is 1. The van der Waals surface area contributed by atoms with Crippen LogP contribution < -0.4 is 11.1 Å². The van der Waals surface area contributed by atoms with Crippen molar-refractivity contribution in [2.45, 2.75) is 5.92 Å². The minimum Gasteiger partial charge on any atom is -0.329 e. The molecule has 3 rings (SSSR count). The van der Waals surface area contributed by atoms with Gasteiger partial charge in [-0.3, -0.25) is 9.89 Å². The third-order valence-corrected chi connectivity index (χ3v) is 3.74. The molecule has 0 fully saturated rings. The molecule has 7 heteroatoms. The van der Waals surface area contributed by atoms with Crippen LogP contribution in [-0.4, -0.2) is 22.6 Å². The third kappa shape index (κ3) is 5.06. The van der Waals surface area contributed by atoms with Gasteiger partial charge in [-0.1, -0.05) is 42.5 Å². The highest BCUT2D eigenvalue weighted by atomic mass is 35.5. The molecule has 4 N–H and O–H groups in total. The molecule has 1 heterocycles. The number of hydrogen-bond donors (Lipinski definition) is 3. The minimum atomic E-state index is -0.357. The normalized spacial score (nSPS) is 10.9. The van der Waals surface area contributed by atoms with Crippen molar-refractivity contribution in [2.24, 2.45) is 5.73 Å². The Morgan fingerprint density at radius 3 is 2.28 bits per heavy atom. The second kappa shape index (κ2) is 9.84. The van der Waals surface area contributed by atoms with E-state index in [1.54, 1.807) is 6.20 Å². The Labute approximate surface area is 158 Å². The molecule has 0 unspecified atom stereocenters. The molecule has 0 radical (unpaired) electrons. The molecule has 0 bridgehead atoms. The predicted molar refractivity (Wildman–Crippen MR) is 105 cm³/mol. The minimum absolute atomic E-state index is 0. The van der Waals surface area contributed by atoms with Gasteiger partial charge in [0.15, 0.2) is 0 Å². The standard InChI is InChI=1S/C18H18N4O.2ClH/c19-10-17(14-4-2-1-3-5-14)18(23)22-16-8-6-13(7-9-16)15-11-20-21-12-15;;/h1-9,11-12,17H,10,19H2,(H,20,21)(H,22,23);2*1H/t17-;;/m0../s1. The molecule has 0 aliphatic heterocycles. The molecule has 0 spiro atoms. The Hall–Kier alpha value is -2.34. The molecular formula is C18H20Cl2N4O. The Bertz CT molecular complexity index is 762. The summed E-state index contributed by atoms with van der Waals surface area (Å²) in [6, 6.07) is 17.2. The van der Waals surface area contributed by atoms with E-state index in [4.69, 9.17) is 5.73 Å². The van der Waals surface area contributed by atoms with Crippen LogP contribution in [-0.2, 0) is 4.79 Å². The summed E-state index contributed by atoms with van der Waals surface area (Å²) < 4.78 is 0. The lowest BCUT2D eigenvalue weighted by molar-refractivity contribution is -0.117. The van der Waals surface area contributed by atoms with E-state index in [1.165, 1.54) is 0 Å². The van der Waals surface area contributed by atoms with Crippen molar-refractivity contribution in [3.8, 4) is 11.1 Å². The summed E-state index contributed by atoms with van der Waals surface area (Å²) >= 11 is 0. The zero-order valence-electron chi connectivity index (χ0n) is 13.4. The number of nitrogens with one attached hydrogen (secondary N) is 2. The number of nitrogens with two attached hydrogens (primary N) is 1. The van der Waals surface area contributed by atoms with E-state index in [2.05, 4.69) is 15.5 Å². The van der Waals surface area contributed by atoms with Crippen molar-refractivity contribution < 1.29 is 4.79 Å². The molecule has 0 saturated heterocycles. The second-order valence-electron chi connectivity index (χ2n) is 5.25. The number of amides is 1. The first-order valence-electron chi connectivity index (χ1n) is 7.43. The molecule has 25 heavy (non-hydrogen) atoms. The van der Waals surface area contributed by atoms with Crippen molar-refractivity contribution in [3.63, 3.8) is 0 Å². The van der Waals surface area contributed by atoms with Gasteiger partial charge >= 0.3 is 0 Å². The average Bonchev–Trinajstić information content (AvgIpc) is 3.12. The summed E-state index contributed by atoms with van der Waals surface area (Å²) in [5.41, 5.74) is 9.49. The van der Waals surface area contributed by atoms with Gasteiger partial charge in [0, 0.05) is 24.0 Å². The maximum absolute atomic E-state index is 12.5. The number of halogens is 2. The van der Waals surface area contributed by atoms with Crippen LogP contribution in [0.1, 0.15) is 11.5 Å². The van der Waals surface area contributed by atoms with Gasteiger partial charge in [0.05, 0.1) is 12.1 Å². The van der Waals surface area contributed by atoms with Gasteiger partial charge in [0.25, 0.3) is 0 Å². The summed E-state index contributed by atoms with van der Waals surface area (Å²) in [6.07, 6.45) is 3.58. The Morgan fingerprint density at radius 2 is 1.72 bits per heavy atom. The summed E-state index contributed by atoms with van der Waals surface area (Å²) in [5, 5.41) is 9.63. The lowest BCUT2D eigenvalue weighted by atomic mass is 9.98. The number of nitrogens with zero attached hydrogens (tertiary/aromatic N) is 1. The lowest BCUT2D eigenvalue weighted by Gasteiger charge is -2.15. The first-order valence-corrected chi connectivity index (χ1v) is 7.43. The predicted octanol–water partition coefficient (Wildman–Crippen LogP) is 3.60. The summed E-state index contributed by atoms with van der Waals surface area (Å²) in [6.45, 7) is 0.267. The molecule has 1 atom stereocenters. The smallest absolute Gasteiger partial charge is 0.233 e. The Kier molecular flexibility index (Phi) is 8.15. The van der Waals surface area contributed by atoms with Crippen molar-refractivity contribution in [1.29, 1.82) is 0 Å². The number of aromatic amines is 1. The van der Waals surface area contributed by atoms with E-state index >= 15 is 0 Å². The lowest BCUT2D eigenvalue weighted by Crippen LogP contribution is -2.27. The van der Waals surface area contributed by atoms with Crippen LogP contribution in [0.15, 0.2) is 67.0 Å². The zero-order valence-corrected chi connectivity index (χ0v) is 15.0. The highest BCUT2D eigenvalue weighted by Gasteiger charge is 2.18. The van der Waals surface area contributed by atoms with Crippen molar-refractivity contribution >= 4 is 36.4 Å². The third-order valence-electron chi connectivity index (χ3n) is 3.74. The van der Waals surface area contributed by atoms with Crippen LogP contribution >= 0.6 is 24.8 Å². The number of anilines is 1. The highest BCUT2D eigenvalue weighted by Crippen LogP contribution is 2.21. The van der Waals surface area contributed by atoms with E-state index in [-0.39, 0.29) is 43.2 Å². The highest BCUT2D eigenvalue weighted by molar-refractivity contribution is 5.96. The van der Waals surface area contributed by atoms with E-state index in [1.807, 2.05) is 60.8 Å². The van der Waals surface area contributed by atoms with Crippen LogP contribution in [0.3, 0.4) is 0 Å². The van der Waals surface area contributed by atoms with Crippen molar-refractivity contribution in [2.75, 3.05) is 11.9 Å². The molecule has 0 saturated carbocycles. The van der Waals surface area contributed by atoms with Crippen molar-refractivity contribution in [3.05, 3.63) is 72.6 Å². The fourth-order valence-corrected chi connectivity index (χ4v) is 2.46. The summed E-state index contributed by atoms with van der Waals surface area (Å²) in [7, 11) is 0. The van der Waals surface area contributed by atoms with Crippen LogP contribution in [0.25, 0.3) is 11.1 Å². The maximum Gasteiger partial charge on any atom is 0.233 e. The van der Waals surface area contributed by atoms with Gasteiger partial charge < -0.3 is 11.1 Å². The largest absolute Gasteiger partial charge is 0.329 e. The van der Waals surface area contributed by atoms with Gasteiger partial charge in [-0.2, -0.15) is 5.10 Å². The molecule has 1 aromatic heterocycles. The second-order valence-corrected chi connectivity index (χ2v) is 5.25. The molecule has 3 aromatic rings. The van der Waals surface area contributed by atoms with Gasteiger partial charge in [0.2, 0.25) is 5.91 Å². The van der Waals surface area contributed by atoms with E-state index in [9.17, 15) is 4.79 Å². The Balaban J connectivity index is 0.00000156. The number of hydrogen-bond acceptors (Lipinski definition) is 3. The fourth-order valence-electron chi connectivity index (χ4n) is 2.46. The van der Waals surface area contributed by atoms with Gasteiger partial charge in [-0.05, 0) is 23.3 Å². The zero-order chi connectivity index (χ0) is 16.1. The molecular weight excluding hydrogens is 359 g/mol. The monoisotopic (exact) mass is 378 g/mol. The number of H-pyrrole nitrogens is 1. The molecule has 1 amide bonds. The SMILES string of the molecule is Cl.Cl.NC[C@H](C(=O)Nc1ccc(-c2cn[nH]c2)cc1)c1ccccc1. The van der Waals surface area contributed by atoms with E-state index in [0.29, 0.717) is 0 Å². The van der Waals surface area contributed by atoms with Gasteiger partial charge in [-0.15, -0.1) is 24.8 Å². The summed E-state index contributed by atoms with van der Waals surface area (Å²) in [5.74, 6) is -0.459. The topological polar surface area (TPSA) is 83.8 Å². The van der Waals surface area contributed by atoms with Crippen molar-refractivity contribution in [1.82, 2.24) is 10.2 Å². The molecule has 5 nitrogen and oxygen atoms in total. The molecule has 0 aliphatic carbocycles. The van der Waals surface area contributed by atoms with Crippen LogP contribution in [0.4, 0.5) is 5.69 Å². The van der Waals surface area contributed by atoms with Gasteiger partial charge in [0.1, 0.15) is 0 Å². The number of carbonyl (C=O) groups excluding carboxylic acids is 1. The summed E-state index contributed by atoms with van der Waals surface area (Å²) in [4.78, 5) is 12.5. The van der Waals surface area contributed by atoms with Crippen LogP contribution in [0, 0.1) is 0 Å². The number of aromatic nitrogens is 2. The first-order chi connectivity index (χ1) is 11.3. The first kappa shape index (κ1) is 20.7. The quantitative estimate of drug-likeness (QED) is 0.633. The molecule has 0 aliphatic rings. The maximum atomic E-state index is 12.5.